The molecule has 198 valence electrons. The fourth-order valence-corrected chi connectivity index (χ4v) is 5.75. The van der Waals surface area contributed by atoms with Gasteiger partial charge in [0.05, 0.1) is 5.56 Å². The second-order valence-electron chi connectivity index (χ2n) is 9.00. The summed E-state index contributed by atoms with van der Waals surface area (Å²) in [6.07, 6.45) is -3.05. The first-order chi connectivity index (χ1) is 18.3. The molecule has 0 radical (unpaired) electrons. The predicted octanol–water partition coefficient (Wildman–Crippen LogP) is 5.83. The number of rotatable bonds is 8. The summed E-state index contributed by atoms with van der Waals surface area (Å²) < 4.78 is 64.4. The van der Waals surface area contributed by atoms with Crippen LogP contribution >= 0.6 is 0 Å². The van der Waals surface area contributed by atoms with E-state index in [1.54, 1.807) is 10.4 Å². The number of halogens is 3. The molecule has 0 aliphatic carbocycles. The summed E-state index contributed by atoms with van der Waals surface area (Å²) in [5.41, 5.74) is 1.57. The quantitative estimate of drug-likeness (QED) is 0.283. The van der Waals surface area contributed by atoms with E-state index in [0.29, 0.717) is 29.4 Å². The summed E-state index contributed by atoms with van der Waals surface area (Å²) in [6.45, 7) is 0.965. The van der Waals surface area contributed by atoms with Crippen molar-refractivity contribution in [1.82, 2.24) is 9.62 Å². The van der Waals surface area contributed by atoms with Crippen LogP contribution in [0.3, 0.4) is 0 Å². The lowest BCUT2D eigenvalue weighted by Crippen LogP contribution is -2.45. The van der Waals surface area contributed by atoms with Crippen LogP contribution in [0.1, 0.15) is 29.5 Å². The van der Waals surface area contributed by atoms with E-state index in [1.807, 2.05) is 48.5 Å². The molecule has 1 aliphatic rings. The third-order valence-corrected chi connectivity index (χ3v) is 7.75. The van der Waals surface area contributed by atoms with Crippen LogP contribution in [-0.4, -0.2) is 27.4 Å². The van der Waals surface area contributed by atoms with Crippen LogP contribution in [0, 0.1) is 0 Å². The first kappa shape index (κ1) is 26.1. The van der Waals surface area contributed by atoms with Gasteiger partial charge in [-0.15, -0.1) is 4.31 Å². The molecule has 5 rings (SSSR count). The van der Waals surface area contributed by atoms with E-state index in [1.165, 1.54) is 12.1 Å². The van der Waals surface area contributed by atoms with E-state index < -0.39 is 29.1 Å². The third kappa shape index (κ3) is 5.98. The van der Waals surface area contributed by atoms with Crippen molar-refractivity contribution in [3.8, 4) is 5.75 Å². The van der Waals surface area contributed by atoms with Gasteiger partial charge in [0.25, 0.3) is 0 Å². The van der Waals surface area contributed by atoms with Crippen LogP contribution in [-0.2, 0) is 35.5 Å². The van der Waals surface area contributed by atoms with Crippen molar-refractivity contribution in [2.24, 2.45) is 0 Å². The Morgan fingerprint density at radius 3 is 2.58 bits per heavy atom. The molecule has 1 fully saturated rings. The standard InChI is InChI=1S/C28H25F3N2O4S/c29-28(30,31)22-10-12-23(13-11-22)36-18-20-6-3-5-19(15-20)17-32-27(34)24-8-4-14-33(24)38(35)26-16-21-7-1-2-9-25(21)37-26/h1-3,5-7,9-13,15-16,24H,4,8,14,17-18H2,(H,32,34). The first-order valence-electron chi connectivity index (χ1n) is 12.1. The van der Waals surface area contributed by atoms with E-state index in [-0.39, 0.29) is 19.1 Å². The van der Waals surface area contributed by atoms with Crippen molar-refractivity contribution in [3.63, 3.8) is 0 Å². The minimum absolute atomic E-state index is 0.167. The molecule has 1 saturated heterocycles. The second-order valence-corrected chi connectivity index (χ2v) is 10.4. The van der Waals surface area contributed by atoms with Crippen molar-refractivity contribution in [2.45, 2.75) is 43.3 Å². The van der Waals surface area contributed by atoms with Crippen LogP contribution in [0.25, 0.3) is 11.0 Å². The molecule has 1 N–H and O–H groups in total. The average Bonchev–Trinajstić information content (AvgIpc) is 3.58. The number of carbonyl (C=O) groups excluding carboxylic acids is 1. The molecule has 6 nitrogen and oxygen atoms in total. The number of nitrogens with one attached hydrogen (secondary N) is 1. The van der Waals surface area contributed by atoms with E-state index in [0.717, 1.165) is 35.1 Å². The summed E-state index contributed by atoms with van der Waals surface area (Å²) in [5, 5.41) is 4.12. The maximum absolute atomic E-state index is 13.2. The Morgan fingerprint density at radius 2 is 1.82 bits per heavy atom. The summed E-state index contributed by atoms with van der Waals surface area (Å²) in [6, 6.07) is 20.6. The molecule has 1 amide bonds. The highest BCUT2D eigenvalue weighted by atomic mass is 32.2. The molecule has 0 bridgehead atoms. The highest BCUT2D eigenvalue weighted by Gasteiger charge is 2.41. The maximum atomic E-state index is 13.2. The summed E-state index contributed by atoms with van der Waals surface area (Å²) >= 11 is -1.59. The number of alkyl halides is 3. The molecule has 3 aromatic carbocycles. The normalized spacial score (nSPS) is 17.0. The largest absolute Gasteiger partial charge is 0.590 e. The zero-order valence-corrected chi connectivity index (χ0v) is 21.1. The highest BCUT2D eigenvalue weighted by molar-refractivity contribution is 7.89. The Labute approximate surface area is 220 Å². The van der Waals surface area contributed by atoms with Gasteiger partial charge in [0.15, 0.2) is 0 Å². The number of fused-ring (bicyclic) bond motifs is 1. The number of hydrogen-bond donors (Lipinski definition) is 1. The number of nitrogens with zero attached hydrogens (tertiary/aromatic N) is 1. The smallest absolute Gasteiger partial charge is 0.416 e. The lowest BCUT2D eigenvalue weighted by atomic mass is 10.1. The number of ether oxygens (including phenoxy) is 1. The molecular weight excluding hydrogens is 517 g/mol. The van der Waals surface area contributed by atoms with Crippen molar-refractivity contribution < 1.29 is 31.7 Å². The zero-order valence-electron chi connectivity index (χ0n) is 20.2. The molecule has 2 atom stereocenters. The summed E-state index contributed by atoms with van der Waals surface area (Å²) in [4.78, 5) is 13.0. The molecular formula is C28H25F3N2O4S. The van der Waals surface area contributed by atoms with Gasteiger partial charge in [0, 0.05) is 24.5 Å². The highest BCUT2D eigenvalue weighted by Crippen LogP contribution is 2.31. The molecule has 2 unspecified atom stereocenters. The fraction of sp³-hybridized carbons (Fsp3) is 0.250. The molecule has 4 aromatic rings. The van der Waals surface area contributed by atoms with Gasteiger partial charge in [-0.25, -0.2) is 0 Å². The fourth-order valence-electron chi connectivity index (χ4n) is 4.40. The van der Waals surface area contributed by atoms with Gasteiger partial charge in [-0.05, 0) is 54.3 Å². The Balaban J connectivity index is 1.16. The first-order valence-corrected chi connectivity index (χ1v) is 13.2. The van der Waals surface area contributed by atoms with Gasteiger partial charge >= 0.3 is 11.3 Å². The van der Waals surface area contributed by atoms with Gasteiger partial charge in [-0.2, -0.15) is 13.2 Å². The van der Waals surface area contributed by atoms with Crippen LogP contribution in [0.2, 0.25) is 0 Å². The minimum Gasteiger partial charge on any atom is -0.590 e. The van der Waals surface area contributed by atoms with Gasteiger partial charge in [-0.3, -0.25) is 4.79 Å². The monoisotopic (exact) mass is 542 g/mol. The number of hydrogen-bond acceptors (Lipinski definition) is 5. The Bertz CT molecular complexity index is 1370. The van der Waals surface area contributed by atoms with Crippen molar-refractivity contribution >= 4 is 28.2 Å². The van der Waals surface area contributed by atoms with E-state index in [4.69, 9.17) is 9.15 Å². The Kier molecular flexibility index (Phi) is 7.64. The molecule has 2 heterocycles. The van der Waals surface area contributed by atoms with Gasteiger partial charge in [0.2, 0.25) is 5.91 Å². The third-order valence-electron chi connectivity index (χ3n) is 6.34. The van der Waals surface area contributed by atoms with Crippen molar-refractivity contribution in [1.29, 1.82) is 0 Å². The number of furan rings is 1. The number of benzene rings is 3. The zero-order chi connectivity index (χ0) is 26.7. The lowest BCUT2D eigenvalue weighted by molar-refractivity contribution is -0.137. The van der Waals surface area contributed by atoms with E-state index >= 15 is 0 Å². The molecule has 38 heavy (non-hydrogen) atoms. The van der Waals surface area contributed by atoms with Gasteiger partial charge < -0.3 is 19.0 Å². The predicted molar refractivity (Wildman–Crippen MR) is 136 cm³/mol. The van der Waals surface area contributed by atoms with Crippen LogP contribution < -0.4 is 10.1 Å². The molecule has 0 spiro atoms. The van der Waals surface area contributed by atoms with Crippen molar-refractivity contribution in [2.75, 3.05) is 6.54 Å². The van der Waals surface area contributed by atoms with Gasteiger partial charge in [0.1, 0.15) is 35.3 Å². The molecule has 1 aromatic heterocycles. The summed E-state index contributed by atoms with van der Waals surface area (Å²) in [5.74, 6) is 0.119. The lowest BCUT2D eigenvalue weighted by Gasteiger charge is -2.23. The second kappa shape index (κ2) is 11.1. The maximum Gasteiger partial charge on any atom is 0.416 e. The number of para-hydroxylation sites is 1. The van der Waals surface area contributed by atoms with Crippen molar-refractivity contribution in [3.05, 3.63) is 95.6 Å². The SMILES string of the molecule is O=C(NCc1cccc(COc2ccc(C(F)(F)F)cc2)c1)C1CCCN1[S+]([O-])c1cc2ccccc2o1. The van der Waals surface area contributed by atoms with Crippen LogP contribution in [0.15, 0.2) is 88.4 Å². The minimum atomic E-state index is -4.39. The Morgan fingerprint density at radius 1 is 1.05 bits per heavy atom. The topological polar surface area (TPSA) is 77.8 Å². The van der Waals surface area contributed by atoms with E-state index in [2.05, 4.69) is 5.32 Å². The van der Waals surface area contributed by atoms with Crippen LogP contribution in [0.4, 0.5) is 13.2 Å². The molecule has 0 saturated carbocycles. The summed E-state index contributed by atoms with van der Waals surface area (Å²) in [7, 11) is 0. The Hall–Kier alpha value is -3.47. The number of carbonyl (C=O) groups is 1. The number of amides is 1. The van der Waals surface area contributed by atoms with Crippen LogP contribution in [0.5, 0.6) is 5.75 Å². The van der Waals surface area contributed by atoms with E-state index in [9.17, 15) is 22.5 Å². The van der Waals surface area contributed by atoms with Gasteiger partial charge in [-0.1, -0.05) is 42.5 Å². The molecule has 1 aliphatic heterocycles. The molecule has 10 heteroatoms. The average molecular weight is 543 g/mol.